The topological polar surface area (TPSA) is 53.6 Å². The van der Waals surface area contributed by atoms with Gasteiger partial charge in [-0.25, -0.2) is 0 Å². The molecule has 0 atom stereocenters. The Hall–Kier alpha value is 1.90. The number of quaternary nitrogens is 1. The van der Waals surface area contributed by atoms with Crippen molar-refractivity contribution in [1.82, 2.24) is 6.15 Å². The van der Waals surface area contributed by atoms with Gasteiger partial charge in [0.15, 0.2) is 0 Å². The molecule has 0 aromatic carbocycles. The molecule has 0 bridgehead atoms. The van der Waals surface area contributed by atoms with Crippen LogP contribution in [0.1, 0.15) is 0 Å². The summed E-state index contributed by atoms with van der Waals surface area (Å²) in [6, 6.07) is 0. The SMILES string of the molecule is Cl.Cl.Cl.Cl.[Cl-].[NH4+].[O]=[Mo]. The van der Waals surface area contributed by atoms with E-state index in [1.165, 1.54) is 0 Å². The van der Waals surface area contributed by atoms with Gasteiger partial charge in [-0.3, -0.25) is 0 Å². The van der Waals surface area contributed by atoms with E-state index in [2.05, 4.69) is 0 Å². The Morgan fingerprint density at radius 3 is 0.750 bits per heavy atom. The van der Waals surface area contributed by atoms with Gasteiger partial charge < -0.3 is 18.6 Å². The van der Waals surface area contributed by atoms with E-state index in [0.717, 1.165) is 0 Å². The summed E-state index contributed by atoms with van der Waals surface area (Å²) in [5, 5.41) is 0. The Morgan fingerprint density at radius 2 is 0.750 bits per heavy atom. The molecule has 0 aromatic heterocycles. The van der Waals surface area contributed by atoms with E-state index >= 15 is 0 Å². The van der Waals surface area contributed by atoms with Crippen LogP contribution in [0.3, 0.4) is 0 Å². The third-order valence-corrected chi connectivity index (χ3v) is 0. The van der Waals surface area contributed by atoms with Gasteiger partial charge >= 0.3 is 23.2 Å². The predicted octanol–water partition coefficient (Wildman–Crippen LogP) is -1.05. The summed E-state index contributed by atoms with van der Waals surface area (Å²) in [5.41, 5.74) is 0. The fraction of sp³-hybridized carbons (Fsp3) is 0. The van der Waals surface area contributed by atoms with Gasteiger partial charge in [-0.15, -0.1) is 49.6 Å². The average molecular weight is 311 g/mol. The zero-order chi connectivity index (χ0) is 2.00. The molecule has 0 amide bonds. The molecular weight excluding hydrogens is 303 g/mol. The average Bonchev–Trinajstić information content (AvgIpc) is 1.00. The van der Waals surface area contributed by atoms with Crippen LogP contribution in [0.2, 0.25) is 0 Å². The van der Waals surface area contributed by atoms with Crippen molar-refractivity contribution in [1.29, 1.82) is 0 Å². The standard InChI is InChI=1S/5ClH.Mo.H3N.O/h5*1H;;1H3;. The zero-order valence-electron chi connectivity index (χ0n) is 3.83. The summed E-state index contributed by atoms with van der Waals surface area (Å²) in [6.07, 6.45) is 0. The third-order valence-electron chi connectivity index (χ3n) is 0. The van der Waals surface area contributed by atoms with E-state index in [-0.39, 0.29) is 68.2 Å². The van der Waals surface area contributed by atoms with Crippen molar-refractivity contribution in [2.75, 3.05) is 0 Å². The quantitative estimate of drug-likeness (QED) is 0.570. The van der Waals surface area contributed by atoms with Crippen LogP contribution in [-0.4, -0.2) is 0 Å². The van der Waals surface area contributed by atoms with Gasteiger partial charge in [-0.1, -0.05) is 0 Å². The molecule has 0 spiro atoms. The van der Waals surface area contributed by atoms with E-state index in [1.807, 2.05) is 0 Å². The number of hydrogen-bond acceptors (Lipinski definition) is 1. The summed E-state index contributed by atoms with van der Waals surface area (Å²) in [7, 11) is 0. The molecule has 0 aliphatic rings. The summed E-state index contributed by atoms with van der Waals surface area (Å²) >= 11 is 0.700. The molecule has 0 aliphatic carbocycles. The molecule has 2 nitrogen and oxygen atoms in total. The molecule has 0 aliphatic heterocycles. The van der Waals surface area contributed by atoms with E-state index in [1.54, 1.807) is 0 Å². The second-order valence-corrected chi connectivity index (χ2v) is 0. The second kappa shape index (κ2) is 154. The van der Waals surface area contributed by atoms with Crippen molar-refractivity contribution in [3.8, 4) is 0 Å². The molecule has 0 fully saturated rings. The van der Waals surface area contributed by atoms with E-state index in [0.29, 0.717) is 19.8 Å². The van der Waals surface area contributed by atoms with Gasteiger partial charge in [0.05, 0.1) is 0 Å². The fourth-order valence-electron chi connectivity index (χ4n) is 0. The molecule has 0 radical (unpaired) electrons. The second-order valence-electron chi connectivity index (χ2n) is 0. The van der Waals surface area contributed by atoms with Crippen molar-refractivity contribution >= 4 is 49.6 Å². The van der Waals surface area contributed by atoms with Gasteiger partial charge in [0.2, 0.25) is 0 Å². The van der Waals surface area contributed by atoms with Crippen LogP contribution >= 0.6 is 49.6 Å². The van der Waals surface area contributed by atoms with Crippen molar-refractivity contribution in [2.24, 2.45) is 0 Å². The number of hydrogen-bond donors (Lipinski definition) is 1. The van der Waals surface area contributed by atoms with Gasteiger partial charge in [-0.05, 0) is 0 Å². The van der Waals surface area contributed by atoms with Crippen LogP contribution < -0.4 is 18.6 Å². The first kappa shape index (κ1) is 93.3. The van der Waals surface area contributed by atoms with Crippen molar-refractivity contribution in [2.45, 2.75) is 0 Å². The zero-order valence-corrected chi connectivity index (χ0v) is 9.86. The summed E-state index contributed by atoms with van der Waals surface area (Å²) in [5.74, 6) is 0. The molecule has 60 valence electrons. The molecule has 0 aromatic rings. The van der Waals surface area contributed by atoms with Gasteiger partial charge in [0.1, 0.15) is 0 Å². The van der Waals surface area contributed by atoms with Crippen LogP contribution in [0.5, 0.6) is 0 Å². The first-order valence-corrected chi connectivity index (χ1v) is 0.986. The molecule has 0 saturated heterocycles. The predicted molar refractivity (Wildman–Crippen MR) is 35.7 cm³/mol. The fourth-order valence-corrected chi connectivity index (χ4v) is 0. The minimum absolute atomic E-state index is 0. The molecular formula is H8Cl5MoNO. The molecule has 0 unspecified atom stereocenters. The van der Waals surface area contributed by atoms with Crippen molar-refractivity contribution < 1.29 is 35.6 Å². The molecule has 4 N–H and O–H groups in total. The number of halogens is 5. The van der Waals surface area contributed by atoms with E-state index in [9.17, 15) is 0 Å². The van der Waals surface area contributed by atoms with Crippen LogP contribution in [0.15, 0.2) is 0 Å². The third kappa shape index (κ3) is 104. The maximum absolute atomic E-state index is 8.26. The van der Waals surface area contributed by atoms with Gasteiger partial charge in [0, 0.05) is 0 Å². The Bertz CT molecular complexity index is 12.4. The molecule has 0 saturated carbocycles. The van der Waals surface area contributed by atoms with Gasteiger partial charge in [0.25, 0.3) is 0 Å². The van der Waals surface area contributed by atoms with E-state index in [4.69, 9.17) is 3.40 Å². The first-order chi connectivity index (χ1) is 1.00. The van der Waals surface area contributed by atoms with Crippen molar-refractivity contribution in [3.05, 3.63) is 0 Å². The Kier molecular flexibility index (Phi) is 1800. The molecule has 8 heavy (non-hydrogen) atoms. The number of rotatable bonds is 0. The normalized spacial score (nSPS) is 0.500. The Labute approximate surface area is 90.8 Å². The van der Waals surface area contributed by atoms with Crippen LogP contribution in [0, 0.1) is 0 Å². The van der Waals surface area contributed by atoms with Gasteiger partial charge in [-0.2, -0.15) is 0 Å². The minimum atomic E-state index is 0. The summed E-state index contributed by atoms with van der Waals surface area (Å²) in [6.45, 7) is 0. The maximum atomic E-state index is 8.26. The van der Waals surface area contributed by atoms with Crippen LogP contribution in [-0.2, 0) is 23.2 Å². The summed E-state index contributed by atoms with van der Waals surface area (Å²) < 4.78 is 8.26. The Balaban J connectivity index is -0.000000000333. The summed E-state index contributed by atoms with van der Waals surface area (Å²) in [4.78, 5) is 0. The van der Waals surface area contributed by atoms with Crippen LogP contribution in [0.4, 0.5) is 0 Å². The molecule has 0 rings (SSSR count). The first-order valence-electron chi connectivity index (χ1n) is 0.167. The monoisotopic (exact) mass is 311 g/mol. The van der Waals surface area contributed by atoms with E-state index < -0.39 is 0 Å². The Morgan fingerprint density at radius 1 is 0.750 bits per heavy atom. The molecule has 8 heteroatoms. The molecule has 0 heterocycles. The van der Waals surface area contributed by atoms with Crippen LogP contribution in [0.25, 0.3) is 0 Å². The van der Waals surface area contributed by atoms with Crippen molar-refractivity contribution in [3.63, 3.8) is 0 Å².